The summed E-state index contributed by atoms with van der Waals surface area (Å²) >= 11 is 1.59. The van der Waals surface area contributed by atoms with Gasteiger partial charge in [-0.2, -0.15) is 0 Å². The average Bonchev–Trinajstić information content (AvgIpc) is 3.11. The van der Waals surface area contributed by atoms with E-state index >= 15 is 0 Å². The molecule has 0 aliphatic carbocycles. The summed E-state index contributed by atoms with van der Waals surface area (Å²) in [5, 5.41) is 9.52. The quantitative estimate of drug-likeness (QED) is 0.485. The number of hydrogen-bond acceptors (Lipinski definition) is 4. The highest BCUT2D eigenvalue weighted by atomic mass is 32.2. The fraction of sp³-hybridized carbons (Fsp3) is 0.333. The number of rotatable bonds is 8. The van der Waals surface area contributed by atoms with Gasteiger partial charge in [-0.1, -0.05) is 43.0 Å². The van der Waals surface area contributed by atoms with Gasteiger partial charge in [-0.25, -0.2) is 4.39 Å². The number of nitrogens with zero attached hydrogens (tertiary/aromatic N) is 3. The average molecular weight is 386 g/mol. The maximum Gasteiger partial charge on any atom is 0.191 e. The van der Waals surface area contributed by atoms with Gasteiger partial charge in [-0.05, 0) is 55.7 Å². The Labute approximate surface area is 163 Å². The van der Waals surface area contributed by atoms with Crippen LogP contribution in [0.15, 0.2) is 53.7 Å². The van der Waals surface area contributed by atoms with Crippen molar-refractivity contribution >= 4 is 11.8 Å². The lowest BCUT2D eigenvalue weighted by atomic mass is 10.2. The fourth-order valence-corrected chi connectivity index (χ4v) is 3.76. The van der Waals surface area contributed by atoms with Gasteiger partial charge in [0.15, 0.2) is 17.1 Å². The van der Waals surface area contributed by atoms with Crippen molar-refractivity contribution in [1.82, 2.24) is 14.8 Å². The highest BCUT2D eigenvalue weighted by Crippen LogP contribution is 2.26. The number of ether oxygens (including phenoxy) is 1. The van der Waals surface area contributed by atoms with Gasteiger partial charge in [-0.3, -0.25) is 0 Å². The van der Waals surface area contributed by atoms with Crippen LogP contribution in [0.5, 0.6) is 5.75 Å². The number of aromatic nitrogens is 3. The largest absolute Gasteiger partial charge is 0.483 e. The van der Waals surface area contributed by atoms with E-state index < -0.39 is 0 Å². The minimum atomic E-state index is -0.222. The third-order valence-corrected chi connectivity index (χ3v) is 5.39. The van der Waals surface area contributed by atoms with E-state index in [0.717, 1.165) is 35.3 Å². The van der Waals surface area contributed by atoms with E-state index in [4.69, 9.17) is 4.74 Å². The Balaban J connectivity index is 1.69. The molecule has 27 heavy (non-hydrogen) atoms. The zero-order chi connectivity index (χ0) is 19.2. The summed E-state index contributed by atoms with van der Waals surface area (Å²) in [6.07, 6.45) is 0.805. The summed E-state index contributed by atoms with van der Waals surface area (Å²) in [5.74, 6) is 2.12. The molecule has 1 heterocycles. The van der Waals surface area contributed by atoms with Gasteiger partial charge in [-0.15, -0.1) is 10.2 Å². The molecular weight excluding hydrogens is 361 g/mol. The second kappa shape index (κ2) is 9.04. The van der Waals surface area contributed by atoms with Crippen molar-refractivity contribution in [1.29, 1.82) is 0 Å². The molecule has 0 N–H and O–H groups in total. The first kappa shape index (κ1) is 19.4. The van der Waals surface area contributed by atoms with Crippen LogP contribution in [0.2, 0.25) is 0 Å². The summed E-state index contributed by atoms with van der Waals surface area (Å²) in [4.78, 5) is 0. The lowest BCUT2D eigenvalue weighted by molar-refractivity contribution is 0.210. The fourth-order valence-electron chi connectivity index (χ4n) is 2.79. The van der Waals surface area contributed by atoms with Gasteiger partial charge in [0.05, 0.1) is 0 Å². The lowest BCUT2D eigenvalue weighted by Gasteiger charge is -2.16. The molecule has 3 aromatic rings. The molecule has 3 rings (SSSR count). The van der Waals surface area contributed by atoms with Crippen molar-refractivity contribution < 1.29 is 9.13 Å². The monoisotopic (exact) mass is 385 g/mol. The Morgan fingerprint density at radius 3 is 2.30 bits per heavy atom. The van der Waals surface area contributed by atoms with Gasteiger partial charge >= 0.3 is 0 Å². The Kier molecular flexibility index (Phi) is 6.50. The van der Waals surface area contributed by atoms with Crippen LogP contribution in [0.1, 0.15) is 43.8 Å². The van der Waals surface area contributed by atoms with Crippen LogP contribution in [0.3, 0.4) is 0 Å². The predicted octanol–water partition coefficient (Wildman–Crippen LogP) is 5.43. The number of halogens is 1. The molecule has 1 aromatic heterocycles. The Morgan fingerprint density at radius 1 is 1.00 bits per heavy atom. The Hall–Kier alpha value is -2.34. The number of hydrogen-bond donors (Lipinski definition) is 0. The smallest absolute Gasteiger partial charge is 0.191 e. The third kappa shape index (κ3) is 4.89. The van der Waals surface area contributed by atoms with Crippen molar-refractivity contribution in [2.75, 3.05) is 0 Å². The molecule has 0 spiro atoms. The zero-order valence-electron chi connectivity index (χ0n) is 15.9. The summed E-state index contributed by atoms with van der Waals surface area (Å²) in [7, 11) is 0. The third-order valence-electron chi connectivity index (χ3n) is 4.35. The summed E-state index contributed by atoms with van der Waals surface area (Å²) in [6, 6.07) is 14.7. The number of thioether (sulfide) groups is 1. The lowest BCUT2D eigenvalue weighted by Crippen LogP contribution is -2.12. The van der Waals surface area contributed by atoms with Gasteiger partial charge in [0.2, 0.25) is 0 Å². The zero-order valence-corrected chi connectivity index (χ0v) is 16.7. The van der Waals surface area contributed by atoms with E-state index in [1.165, 1.54) is 17.7 Å². The second-order valence-corrected chi connectivity index (χ2v) is 7.20. The van der Waals surface area contributed by atoms with E-state index in [1.54, 1.807) is 23.9 Å². The van der Waals surface area contributed by atoms with E-state index in [1.807, 2.05) is 19.1 Å². The summed E-state index contributed by atoms with van der Waals surface area (Å²) in [5.41, 5.74) is 2.33. The van der Waals surface area contributed by atoms with Crippen LogP contribution in [-0.2, 0) is 18.7 Å². The normalized spacial score (nSPS) is 12.1. The molecule has 0 fully saturated rings. The van der Waals surface area contributed by atoms with Crippen molar-refractivity contribution in [3.05, 3.63) is 71.3 Å². The first-order valence-electron chi connectivity index (χ1n) is 9.16. The van der Waals surface area contributed by atoms with Crippen LogP contribution in [0.4, 0.5) is 4.39 Å². The van der Waals surface area contributed by atoms with E-state index in [-0.39, 0.29) is 11.9 Å². The molecule has 0 aliphatic rings. The molecule has 2 aromatic carbocycles. The molecule has 6 heteroatoms. The van der Waals surface area contributed by atoms with E-state index in [2.05, 4.69) is 40.7 Å². The molecule has 0 radical (unpaired) electrons. The summed E-state index contributed by atoms with van der Waals surface area (Å²) in [6.45, 7) is 6.94. The van der Waals surface area contributed by atoms with Crippen LogP contribution in [0, 0.1) is 5.82 Å². The topological polar surface area (TPSA) is 39.9 Å². The molecular formula is C21H24FN3OS. The number of benzene rings is 2. The molecule has 0 bridgehead atoms. The molecule has 0 amide bonds. The van der Waals surface area contributed by atoms with Gasteiger partial charge < -0.3 is 9.30 Å². The van der Waals surface area contributed by atoms with Crippen molar-refractivity contribution in [2.45, 2.75) is 50.8 Å². The van der Waals surface area contributed by atoms with E-state index in [9.17, 15) is 4.39 Å². The Bertz CT molecular complexity index is 862. The predicted molar refractivity (Wildman–Crippen MR) is 107 cm³/mol. The Morgan fingerprint density at radius 2 is 1.67 bits per heavy atom. The first-order chi connectivity index (χ1) is 13.1. The van der Waals surface area contributed by atoms with Crippen LogP contribution in [-0.4, -0.2) is 14.8 Å². The molecule has 4 nitrogen and oxygen atoms in total. The van der Waals surface area contributed by atoms with E-state index in [0.29, 0.717) is 5.75 Å². The number of aryl methyl sites for hydroxylation is 1. The van der Waals surface area contributed by atoms with Gasteiger partial charge in [0.1, 0.15) is 11.6 Å². The SMILES string of the molecule is CCc1ccc(O[C@H](C)c2nnc(SCc3ccc(F)cc3)n2CC)cc1. The standard InChI is InChI=1S/C21H24FN3OS/c1-4-16-8-12-19(13-9-16)26-15(3)20-23-24-21(25(20)5-2)27-14-17-6-10-18(22)11-7-17/h6-13,15H,4-5,14H2,1-3H3/t15-/m1/s1. The highest BCUT2D eigenvalue weighted by Gasteiger charge is 2.18. The van der Waals surface area contributed by atoms with Crippen molar-refractivity contribution in [2.24, 2.45) is 0 Å². The molecule has 142 valence electrons. The van der Waals surface area contributed by atoms with Crippen molar-refractivity contribution in [3.63, 3.8) is 0 Å². The minimum Gasteiger partial charge on any atom is -0.483 e. The van der Waals surface area contributed by atoms with Crippen molar-refractivity contribution in [3.8, 4) is 5.75 Å². The molecule has 0 unspecified atom stereocenters. The summed E-state index contributed by atoms with van der Waals surface area (Å²) < 4.78 is 21.2. The maximum absolute atomic E-state index is 13.0. The maximum atomic E-state index is 13.0. The van der Waals surface area contributed by atoms with Gasteiger partial charge in [0, 0.05) is 12.3 Å². The minimum absolute atomic E-state index is 0.204. The highest BCUT2D eigenvalue weighted by molar-refractivity contribution is 7.98. The molecule has 1 atom stereocenters. The van der Waals surface area contributed by atoms with Crippen LogP contribution < -0.4 is 4.74 Å². The first-order valence-corrected chi connectivity index (χ1v) is 10.1. The molecule has 0 aliphatic heterocycles. The molecule has 0 saturated carbocycles. The van der Waals surface area contributed by atoms with Crippen LogP contribution >= 0.6 is 11.8 Å². The van der Waals surface area contributed by atoms with Gasteiger partial charge in [0.25, 0.3) is 0 Å². The molecule has 0 saturated heterocycles. The van der Waals surface area contributed by atoms with Crippen LogP contribution in [0.25, 0.3) is 0 Å². The second-order valence-electron chi connectivity index (χ2n) is 6.26.